The van der Waals surface area contributed by atoms with Crippen LogP contribution in [0.2, 0.25) is 0 Å². The van der Waals surface area contributed by atoms with Crippen molar-refractivity contribution in [3.63, 3.8) is 0 Å². The smallest absolute Gasteiger partial charge is 0.343 e. The first-order chi connectivity index (χ1) is 12.6. The third-order valence-corrected chi connectivity index (χ3v) is 4.25. The van der Waals surface area contributed by atoms with Crippen molar-refractivity contribution in [2.75, 3.05) is 7.11 Å². The van der Waals surface area contributed by atoms with Crippen LogP contribution in [-0.2, 0) is 11.3 Å². The lowest BCUT2D eigenvalue weighted by Crippen LogP contribution is -2.21. The Morgan fingerprint density at radius 3 is 2.73 bits per heavy atom. The highest BCUT2D eigenvalue weighted by molar-refractivity contribution is 5.98. The minimum Gasteiger partial charge on any atom is -0.465 e. The quantitative estimate of drug-likeness (QED) is 0.522. The maximum Gasteiger partial charge on any atom is 0.343 e. The molecular weight excluding hydrogens is 334 g/mol. The van der Waals surface area contributed by atoms with Gasteiger partial charge in [-0.25, -0.2) is 14.3 Å². The van der Waals surface area contributed by atoms with Gasteiger partial charge in [-0.15, -0.1) is 0 Å². The summed E-state index contributed by atoms with van der Waals surface area (Å²) in [5, 5.41) is 4.79. The Balaban J connectivity index is 1.90. The molecule has 0 amide bonds. The van der Waals surface area contributed by atoms with Crippen molar-refractivity contribution < 1.29 is 9.53 Å². The van der Waals surface area contributed by atoms with Crippen LogP contribution in [-0.4, -0.2) is 37.2 Å². The third-order valence-electron chi connectivity index (χ3n) is 4.25. The van der Waals surface area contributed by atoms with Crippen LogP contribution < -0.4 is 5.56 Å². The Labute approximate surface area is 147 Å². The lowest BCUT2D eigenvalue weighted by atomic mass is 10.2. The van der Waals surface area contributed by atoms with E-state index in [1.165, 1.54) is 17.8 Å². The first kappa shape index (κ1) is 15.9. The van der Waals surface area contributed by atoms with E-state index >= 15 is 0 Å². The van der Waals surface area contributed by atoms with Crippen molar-refractivity contribution in [2.45, 2.75) is 13.5 Å². The number of pyridine rings is 2. The second-order valence-corrected chi connectivity index (χ2v) is 5.85. The van der Waals surface area contributed by atoms with Crippen LogP contribution in [0.4, 0.5) is 0 Å². The molecule has 0 aliphatic rings. The summed E-state index contributed by atoms with van der Waals surface area (Å²) in [7, 11) is 1.31. The highest BCUT2D eigenvalue weighted by atomic mass is 16.5. The van der Waals surface area contributed by atoms with Crippen LogP contribution in [0.5, 0.6) is 0 Å². The normalized spacial score (nSPS) is 11.2. The summed E-state index contributed by atoms with van der Waals surface area (Å²) in [5.74, 6) is -0.504. The second-order valence-electron chi connectivity index (χ2n) is 5.85. The van der Waals surface area contributed by atoms with E-state index in [1.807, 2.05) is 12.1 Å². The van der Waals surface area contributed by atoms with Gasteiger partial charge in [0.25, 0.3) is 5.56 Å². The van der Waals surface area contributed by atoms with Gasteiger partial charge in [0, 0.05) is 24.8 Å². The van der Waals surface area contributed by atoms with Crippen molar-refractivity contribution in [3.8, 4) is 0 Å². The topological polar surface area (TPSA) is 91.4 Å². The molecular formula is C18H15N5O3. The SMILES string of the molecule is COC(=O)c1c(C)nn2c1ncc1c(=O)n(Cc3ccncc3)ccc12. The van der Waals surface area contributed by atoms with E-state index < -0.39 is 5.97 Å². The number of nitrogens with zero attached hydrogens (tertiary/aromatic N) is 5. The Bertz CT molecular complexity index is 1190. The number of esters is 1. The first-order valence-electron chi connectivity index (χ1n) is 7.95. The molecule has 0 saturated carbocycles. The molecule has 0 bridgehead atoms. The average Bonchev–Trinajstić information content (AvgIpc) is 3.00. The zero-order chi connectivity index (χ0) is 18.3. The maximum absolute atomic E-state index is 12.8. The molecule has 0 N–H and O–H groups in total. The highest BCUT2D eigenvalue weighted by Gasteiger charge is 2.20. The molecule has 0 saturated heterocycles. The Morgan fingerprint density at radius 2 is 2.00 bits per heavy atom. The molecule has 0 unspecified atom stereocenters. The monoisotopic (exact) mass is 349 g/mol. The number of hydrogen-bond acceptors (Lipinski definition) is 6. The summed E-state index contributed by atoms with van der Waals surface area (Å²) >= 11 is 0. The summed E-state index contributed by atoms with van der Waals surface area (Å²) < 4.78 is 7.91. The molecule has 26 heavy (non-hydrogen) atoms. The number of ether oxygens (including phenoxy) is 1. The number of aryl methyl sites for hydroxylation is 1. The number of fused-ring (bicyclic) bond motifs is 3. The van der Waals surface area contributed by atoms with Crippen molar-refractivity contribution in [1.82, 2.24) is 24.1 Å². The molecule has 8 heteroatoms. The Kier molecular flexibility index (Phi) is 3.72. The molecule has 8 nitrogen and oxygen atoms in total. The van der Waals surface area contributed by atoms with Gasteiger partial charge < -0.3 is 9.30 Å². The largest absolute Gasteiger partial charge is 0.465 e. The lowest BCUT2D eigenvalue weighted by Gasteiger charge is -2.08. The van der Waals surface area contributed by atoms with Gasteiger partial charge in [-0.2, -0.15) is 5.10 Å². The summed E-state index contributed by atoms with van der Waals surface area (Å²) in [6.07, 6.45) is 6.56. The van der Waals surface area contributed by atoms with Gasteiger partial charge in [-0.3, -0.25) is 9.78 Å². The van der Waals surface area contributed by atoms with E-state index in [0.29, 0.717) is 34.4 Å². The molecule has 0 aliphatic carbocycles. The van der Waals surface area contributed by atoms with Crippen molar-refractivity contribution in [3.05, 3.63) is 70.2 Å². The number of rotatable bonds is 3. The van der Waals surface area contributed by atoms with E-state index in [1.54, 1.807) is 36.1 Å². The molecule has 0 spiro atoms. The molecule has 0 aliphatic heterocycles. The lowest BCUT2D eigenvalue weighted by molar-refractivity contribution is 0.0602. The Morgan fingerprint density at radius 1 is 1.23 bits per heavy atom. The minimum atomic E-state index is -0.504. The van der Waals surface area contributed by atoms with Gasteiger partial charge >= 0.3 is 5.97 Å². The summed E-state index contributed by atoms with van der Waals surface area (Å²) in [5.41, 5.74) is 2.55. The molecule has 4 heterocycles. The van der Waals surface area contributed by atoms with Crippen LogP contribution in [0.3, 0.4) is 0 Å². The first-order valence-corrected chi connectivity index (χ1v) is 7.95. The summed E-state index contributed by atoms with van der Waals surface area (Å²) in [4.78, 5) is 33.1. The summed E-state index contributed by atoms with van der Waals surface area (Å²) in [6.45, 7) is 2.14. The van der Waals surface area contributed by atoms with E-state index in [9.17, 15) is 9.59 Å². The number of carbonyl (C=O) groups excluding carboxylic acids is 1. The molecule has 130 valence electrons. The van der Waals surface area contributed by atoms with Gasteiger partial charge in [0.2, 0.25) is 0 Å². The standard InChI is InChI=1S/C18H15N5O3/c1-11-15(18(25)26-2)16-20-9-13-14(23(16)21-11)5-8-22(17(13)24)10-12-3-6-19-7-4-12/h3-9H,10H2,1-2H3. The van der Waals surface area contributed by atoms with Gasteiger partial charge in [0.15, 0.2) is 5.65 Å². The van der Waals surface area contributed by atoms with Gasteiger partial charge in [0.1, 0.15) is 5.56 Å². The predicted molar refractivity (Wildman–Crippen MR) is 94.2 cm³/mol. The second kappa shape index (κ2) is 6.07. The molecule has 0 radical (unpaired) electrons. The van der Waals surface area contributed by atoms with Gasteiger partial charge in [0.05, 0.1) is 30.3 Å². The van der Waals surface area contributed by atoms with Gasteiger partial charge in [-0.05, 0) is 30.7 Å². The molecule has 4 aromatic rings. The number of carbonyl (C=O) groups is 1. The zero-order valence-corrected chi connectivity index (χ0v) is 14.2. The van der Waals surface area contributed by atoms with Crippen LogP contribution >= 0.6 is 0 Å². The summed E-state index contributed by atoms with van der Waals surface area (Å²) in [6, 6.07) is 5.51. The van der Waals surface area contributed by atoms with Gasteiger partial charge in [-0.1, -0.05) is 0 Å². The van der Waals surface area contributed by atoms with E-state index in [-0.39, 0.29) is 5.56 Å². The minimum absolute atomic E-state index is 0.179. The maximum atomic E-state index is 12.8. The van der Waals surface area contributed by atoms with Crippen LogP contribution in [0.15, 0.2) is 47.8 Å². The number of methoxy groups -OCH3 is 1. The third kappa shape index (κ3) is 2.43. The van der Waals surface area contributed by atoms with Crippen molar-refractivity contribution in [2.24, 2.45) is 0 Å². The highest BCUT2D eigenvalue weighted by Crippen LogP contribution is 2.18. The van der Waals surface area contributed by atoms with E-state index in [2.05, 4.69) is 15.1 Å². The van der Waals surface area contributed by atoms with Crippen LogP contribution in [0.1, 0.15) is 21.6 Å². The Hall–Kier alpha value is -3.55. The van der Waals surface area contributed by atoms with Crippen molar-refractivity contribution >= 4 is 22.5 Å². The zero-order valence-electron chi connectivity index (χ0n) is 14.2. The fourth-order valence-electron chi connectivity index (χ4n) is 2.97. The fourth-order valence-corrected chi connectivity index (χ4v) is 2.97. The van der Waals surface area contributed by atoms with Crippen molar-refractivity contribution in [1.29, 1.82) is 0 Å². The molecule has 0 aromatic carbocycles. The van der Waals surface area contributed by atoms with Crippen LogP contribution in [0.25, 0.3) is 16.6 Å². The average molecular weight is 349 g/mol. The molecule has 0 fully saturated rings. The molecule has 4 rings (SSSR count). The fraction of sp³-hybridized carbons (Fsp3) is 0.167. The molecule has 0 atom stereocenters. The number of aromatic nitrogens is 5. The number of hydrogen-bond donors (Lipinski definition) is 0. The van der Waals surface area contributed by atoms with E-state index in [4.69, 9.17) is 4.74 Å². The van der Waals surface area contributed by atoms with E-state index in [0.717, 1.165) is 5.56 Å². The predicted octanol–water partition coefficient (Wildman–Crippen LogP) is 1.58. The molecule has 4 aromatic heterocycles. The van der Waals surface area contributed by atoms with Crippen LogP contribution in [0, 0.1) is 6.92 Å².